The molecule has 1 aliphatic carbocycles. The molecule has 1 N–H and O–H groups in total. The van der Waals surface area contributed by atoms with Gasteiger partial charge in [0.1, 0.15) is 0 Å². The van der Waals surface area contributed by atoms with Crippen LogP contribution in [0.15, 0.2) is 91.0 Å². The second kappa shape index (κ2) is 9.08. The van der Waals surface area contributed by atoms with Crippen LogP contribution < -0.4 is 15.9 Å². The van der Waals surface area contributed by atoms with E-state index in [1.54, 1.807) is 91.0 Å². The first-order chi connectivity index (χ1) is 16.1. The Labute approximate surface area is 197 Å². The fourth-order valence-corrected chi connectivity index (χ4v) is 14.6. The summed E-state index contributed by atoms with van der Waals surface area (Å²) < 4.78 is 73.6. The van der Waals surface area contributed by atoms with E-state index in [1.807, 2.05) is 0 Å². The summed E-state index contributed by atoms with van der Waals surface area (Å²) in [5.41, 5.74) is -6.54. The Balaban J connectivity index is 2.27. The fraction of sp³-hybridized carbons (Fsp3) is 0.280. The van der Waals surface area contributed by atoms with Crippen molar-refractivity contribution in [1.82, 2.24) is 0 Å². The van der Waals surface area contributed by atoms with Crippen molar-refractivity contribution in [3.63, 3.8) is 0 Å². The van der Waals surface area contributed by atoms with Crippen LogP contribution in [0.3, 0.4) is 0 Å². The van der Waals surface area contributed by atoms with E-state index in [-0.39, 0.29) is 0 Å². The van der Waals surface area contributed by atoms with Gasteiger partial charge in [0.05, 0.1) is 0 Å². The van der Waals surface area contributed by atoms with Gasteiger partial charge in [-0.05, 0) is 0 Å². The van der Waals surface area contributed by atoms with Crippen LogP contribution >= 0.6 is 6.83 Å². The molecule has 182 valence electrons. The van der Waals surface area contributed by atoms with Gasteiger partial charge in [0.25, 0.3) is 0 Å². The van der Waals surface area contributed by atoms with Gasteiger partial charge in [0, 0.05) is 0 Å². The minimum absolute atomic E-state index is 0.311. The first-order valence-electron chi connectivity index (χ1n) is 11.0. The molecular formula is C25H26F3O4PS. The zero-order valence-corrected chi connectivity index (χ0v) is 20.0. The Morgan fingerprint density at radius 1 is 0.735 bits per heavy atom. The van der Waals surface area contributed by atoms with Gasteiger partial charge in [-0.25, -0.2) is 0 Å². The Morgan fingerprint density at radius 3 is 1.47 bits per heavy atom. The standard InChI is InChI=1S/C25H26F3O4PS/c26-25(27,28)34(30,31)32-33(20-12-4-1-5-13-20,21-14-6-2-7-15-21,22-16-8-3-9-17-22)24-19-11-10-18-23(24)29/h1-9,12-17,23-24,29H,10-11,18-19H2/t23-,24-/m0/s1. The number of aliphatic hydroxyl groups is 1. The van der Waals surface area contributed by atoms with Crippen molar-refractivity contribution in [2.24, 2.45) is 0 Å². The Morgan fingerprint density at radius 2 is 1.12 bits per heavy atom. The van der Waals surface area contributed by atoms with Gasteiger partial charge in [-0.2, -0.15) is 0 Å². The summed E-state index contributed by atoms with van der Waals surface area (Å²) in [7, 11) is -6.08. The molecule has 0 amide bonds. The molecule has 4 nitrogen and oxygen atoms in total. The topological polar surface area (TPSA) is 63.6 Å². The normalized spacial score (nSPS) is 20.9. The van der Waals surface area contributed by atoms with Crippen LogP contribution in [-0.2, 0) is 14.1 Å². The van der Waals surface area contributed by atoms with E-state index in [2.05, 4.69) is 0 Å². The quantitative estimate of drug-likeness (QED) is 0.389. The van der Waals surface area contributed by atoms with Crippen molar-refractivity contribution in [3.05, 3.63) is 91.0 Å². The molecule has 1 fully saturated rings. The molecule has 1 saturated carbocycles. The molecule has 3 aromatic carbocycles. The minimum atomic E-state index is -6.08. The first-order valence-corrected chi connectivity index (χ1v) is 14.7. The monoisotopic (exact) mass is 510 g/mol. The van der Waals surface area contributed by atoms with E-state index in [4.69, 9.17) is 3.97 Å². The molecule has 34 heavy (non-hydrogen) atoms. The first kappa shape index (κ1) is 24.9. The van der Waals surface area contributed by atoms with Crippen molar-refractivity contribution in [2.45, 2.75) is 43.0 Å². The molecule has 0 aromatic heterocycles. The number of hydrogen-bond acceptors (Lipinski definition) is 4. The van der Waals surface area contributed by atoms with Crippen LogP contribution in [-0.4, -0.2) is 30.8 Å². The molecule has 3 aromatic rings. The van der Waals surface area contributed by atoms with Gasteiger partial charge >= 0.3 is 197 Å². The average molecular weight is 511 g/mol. The predicted octanol–water partition coefficient (Wildman–Crippen LogP) is 4.60. The van der Waals surface area contributed by atoms with Gasteiger partial charge in [0.2, 0.25) is 0 Å². The van der Waals surface area contributed by atoms with E-state index in [0.717, 1.165) is 0 Å². The molecule has 0 radical (unpaired) electrons. The van der Waals surface area contributed by atoms with E-state index in [1.165, 1.54) is 0 Å². The van der Waals surface area contributed by atoms with Gasteiger partial charge < -0.3 is 0 Å². The Hall–Kier alpha value is -2.25. The summed E-state index contributed by atoms with van der Waals surface area (Å²) in [5, 5.41) is 12.3. The summed E-state index contributed by atoms with van der Waals surface area (Å²) in [6.45, 7) is -4.98. The van der Waals surface area contributed by atoms with E-state index >= 15 is 0 Å². The molecule has 0 bridgehead atoms. The van der Waals surface area contributed by atoms with Crippen LogP contribution in [0.25, 0.3) is 0 Å². The molecule has 4 rings (SSSR count). The van der Waals surface area contributed by atoms with Crippen molar-refractivity contribution >= 4 is 32.9 Å². The van der Waals surface area contributed by atoms with Crippen molar-refractivity contribution < 1.29 is 30.7 Å². The average Bonchev–Trinajstić information content (AvgIpc) is 2.84. The third-order valence-electron chi connectivity index (χ3n) is 6.67. The van der Waals surface area contributed by atoms with Crippen LogP contribution in [0.4, 0.5) is 13.2 Å². The molecule has 0 saturated heterocycles. The molecular weight excluding hydrogens is 484 g/mol. The molecule has 0 unspecified atom stereocenters. The zero-order valence-electron chi connectivity index (χ0n) is 18.3. The number of halogens is 3. The van der Waals surface area contributed by atoms with Gasteiger partial charge in [0.15, 0.2) is 0 Å². The van der Waals surface area contributed by atoms with E-state index in [9.17, 15) is 26.7 Å². The molecule has 0 aliphatic heterocycles. The maximum atomic E-state index is 14.0. The van der Waals surface area contributed by atoms with E-state index in [0.29, 0.717) is 41.6 Å². The van der Waals surface area contributed by atoms with Crippen molar-refractivity contribution in [2.75, 3.05) is 0 Å². The van der Waals surface area contributed by atoms with Gasteiger partial charge in [-0.3, -0.25) is 0 Å². The summed E-state index contributed by atoms with van der Waals surface area (Å²) in [5.74, 6) is 0. The Bertz CT molecular complexity index is 1120. The third-order valence-corrected chi connectivity index (χ3v) is 15.1. The van der Waals surface area contributed by atoms with Gasteiger partial charge in [-0.1, -0.05) is 0 Å². The molecule has 0 spiro atoms. The SMILES string of the molecule is O=S(=O)(OP(c1ccccc1)(c1ccccc1)(c1ccccc1)[C@H]1CCCC[C@@H]1O)C(F)(F)F. The zero-order chi connectivity index (χ0) is 24.5. The summed E-state index contributed by atoms with van der Waals surface area (Å²) in [6.07, 6.45) is 0.904. The van der Waals surface area contributed by atoms with Crippen LogP contribution in [0.2, 0.25) is 0 Å². The molecule has 2 atom stereocenters. The summed E-state index contributed by atoms with van der Waals surface area (Å²) in [4.78, 5) is 0. The second-order valence-corrected chi connectivity index (χ2v) is 14.9. The van der Waals surface area contributed by atoms with E-state index < -0.39 is 34.2 Å². The number of aliphatic hydroxyl groups excluding tert-OH is 1. The van der Waals surface area contributed by atoms with Crippen molar-refractivity contribution in [1.29, 1.82) is 0 Å². The maximum absolute atomic E-state index is 14.0. The third kappa shape index (κ3) is 3.77. The molecule has 0 heterocycles. The van der Waals surface area contributed by atoms with Crippen LogP contribution in [0, 0.1) is 0 Å². The van der Waals surface area contributed by atoms with Crippen LogP contribution in [0.5, 0.6) is 0 Å². The van der Waals surface area contributed by atoms with Crippen molar-refractivity contribution in [3.8, 4) is 0 Å². The Kier molecular flexibility index (Phi) is 6.64. The number of benzene rings is 3. The van der Waals surface area contributed by atoms with Crippen LogP contribution in [0.1, 0.15) is 25.7 Å². The molecule has 1 aliphatic rings. The fourth-order valence-electron chi connectivity index (χ4n) is 5.29. The number of alkyl halides is 3. The predicted molar refractivity (Wildman–Crippen MR) is 129 cm³/mol. The number of rotatable bonds is 6. The summed E-state index contributed by atoms with van der Waals surface area (Å²) in [6, 6.07) is 24.7. The van der Waals surface area contributed by atoms with Gasteiger partial charge in [-0.15, -0.1) is 0 Å². The molecule has 9 heteroatoms. The number of hydrogen-bond donors (Lipinski definition) is 1. The summed E-state index contributed by atoms with van der Waals surface area (Å²) >= 11 is 0. The second-order valence-electron chi connectivity index (χ2n) is 8.50.